The van der Waals surface area contributed by atoms with Crippen LogP contribution in [-0.2, 0) is 32.5 Å². The number of para-hydroxylation sites is 2. The van der Waals surface area contributed by atoms with Gasteiger partial charge < -0.3 is 9.71 Å². The normalized spacial score (nSPS) is 17.8. The molecule has 0 bridgehead atoms. The molecule has 5 aliphatic rings. The van der Waals surface area contributed by atoms with E-state index in [0.717, 1.165) is 0 Å². The molecule has 2 aliphatic carbocycles. The molecule has 0 unspecified atom stereocenters. The number of anilines is 5. The van der Waals surface area contributed by atoms with Crippen LogP contribution < -0.4 is 20.6 Å². The van der Waals surface area contributed by atoms with Crippen LogP contribution in [0, 0.1) is 0 Å². The van der Waals surface area contributed by atoms with Gasteiger partial charge in [-0.25, -0.2) is 0 Å². The van der Waals surface area contributed by atoms with E-state index >= 15 is 0 Å². The molecule has 0 saturated heterocycles. The number of benzene rings is 8. The van der Waals surface area contributed by atoms with Crippen LogP contribution >= 0.6 is 0 Å². The van der Waals surface area contributed by atoms with E-state index in [9.17, 15) is 0 Å². The van der Waals surface area contributed by atoms with Crippen molar-refractivity contribution in [1.29, 1.82) is 0 Å². The quantitative estimate of drug-likeness (QED) is 0.163. The molecule has 8 aromatic rings. The molecule has 8 aromatic carbocycles. The summed E-state index contributed by atoms with van der Waals surface area (Å²) in [5.74, 6) is 0. The van der Waals surface area contributed by atoms with Crippen molar-refractivity contribution < 1.29 is 0 Å². The monoisotopic (exact) mass is 923 g/mol. The predicted molar refractivity (Wildman–Crippen MR) is 302 cm³/mol. The molecule has 13 rings (SSSR count). The van der Waals surface area contributed by atoms with Gasteiger partial charge in [-0.05, 0) is 148 Å². The summed E-state index contributed by atoms with van der Waals surface area (Å²) in [6, 6.07) is 64.3. The van der Waals surface area contributed by atoms with Gasteiger partial charge in [-0.1, -0.05) is 217 Å². The lowest BCUT2D eigenvalue weighted by molar-refractivity contribution is 0.331. The van der Waals surface area contributed by atoms with Crippen molar-refractivity contribution in [2.75, 3.05) is 9.71 Å². The summed E-state index contributed by atoms with van der Waals surface area (Å²) >= 11 is 0. The Morgan fingerprint density at radius 1 is 0.437 bits per heavy atom. The van der Waals surface area contributed by atoms with E-state index in [1.807, 2.05) is 0 Å². The standard InChI is InChI=1S/C68H67BN2/c1-63(2,3)42-30-32-46(33-31-42)71-61-48(35-34-47-49-40-54-55(41-53(49)67(11,12)59(47)61)66(9,10)37-36-65(54,7)8)50-38-45(64(4,5)6)39-58-60(50)69(71)56-28-21-27-52-62(56)70(58)57-29-20-19-26-51(57)68(52,43-22-15-13-16-23-43)44-24-17-14-18-25-44/h13-35,38-41H,36-37H2,1-12H3. The summed E-state index contributed by atoms with van der Waals surface area (Å²) in [6.07, 6.45) is 2.39. The van der Waals surface area contributed by atoms with Gasteiger partial charge >= 0.3 is 6.85 Å². The Kier molecular flexibility index (Phi) is 9.08. The average molecular weight is 923 g/mol. The summed E-state index contributed by atoms with van der Waals surface area (Å²) in [7, 11) is 0. The Morgan fingerprint density at radius 2 is 1.01 bits per heavy atom. The lowest BCUT2D eigenvalue weighted by atomic mass is 9.42. The second-order valence-corrected chi connectivity index (χ2v) is 25.6. The lowest BCUT2D eigenvalue weighted by Gasteiger charge is -2.53. The van der Waals surface area contributed by atoms with Crippen molar-refractivity contribution in [3.63, 3.8) is 0 Å². The van der Waals surface area contributed by atoms with E-state index in [2.05, 4.69) is 257 Å². The molecule has 0 radical (unpaired) electrons. The average Bonchev–Trinajstić information content (AvgIpc) is 3.58. The summed E-state index contributed by atoms with van der Waals surface area (Å²) < 4.78 is 0. The Hall–Kier alpha value is -6.58. The Morgan fingerprint density at radius 3 is 1.65 bits per heavy atom. The van der Waals surface area contributed by atoms with Crippen molar-refractivity contribution in [1.82, 2.24) is 0 Å². The van der Waals surface area contributed by atoms with Gasteiger partial charge in [0.1, 0.15) is 0 Å². The minimum absolute atomic E-state index is 0.0163. The van der Waals surface area contributed by atoms with Crippen molar-refractivity contribution in [2.24, 2.45) is 0 Å². The zero-order valence-electron chi connectivity index (χ0n) is 44.0. The molecule has 0 atom stereocenters. The molecular weight excluding hydrogens is 856 g/mol. The minimum atomic E-state index is -0.583. The van der Waals surface area contributed by atoms with Gasteiger partial charge in [0.05, 0.1) is 11.1 Å². The van der Waals surface area contributed by atoms with Crippen LogP contribution in [0.15, 0.2) is 164 Å². The van der Waals surface area contributed by atoms with Crippen molar-refractivity contribution >= 4 is 46.2 Å². The maximum Gasteiger partial charge on any atom is 0.333 e. The van der Waals surface area contributed by atoms with Crippen LogP contribution in [0.4, 0.5) is 28.4 Å². The summed E-state index contributed by atoms with van der Waals surface area (Å²) in [5, 5.41) is 0. The predicted octanol–water partition coefficient (Wildman–Crippen LogP) is 16.3. The van der Waals surface area contributed by atoms with Crippen LogP contribution in [-0.4, -0.2) is 6.85 Å². The molecule has 0 aromatic heterocycles. The first kappa shape index (κ1) is 44.4. The van der Waals surface area contributed by atoms with Crippen LogP contribution in [0.25, 0.3) is 22.3 Å². The van der Waals surface area contributed by atoms with Crippen molar-refractivity contribution in [2.45, 2.75) is 128 Å². The molecule has 352 valence electrons. The molecule has 0 spiro atoms. The Labute approximate surface area is 423 Å². The first-order valence-electron chi connectivity index (χ1n) is 26.3. The van der Waals surface area contributed by atoms with Gasteiger partial charge in [-0.2, -0.15) is 0 Å². The van der Waals surface area contributed by atoms with Crippen LogP contribution in [0.2, 0.25) is 0 Å². The number of rotatable bonds is 3. The SMILES string of the molecule is CC(C)(C)c1ccc(N2B3c4cccc5c4N(c4ccccc4C5(c4ccccc4)c4ccccc4)c4cc(C(C)(C)C)cc(c43)-c3ccc4c(c32)C(C)(C)c2cc3c(cc2-4)C(C)(C)CCC3(C)C)cc1. The van der Waals surface area contributed by atoms with Crippen molar-refractivity contribution in [3.8, 4) is 22.3 Å². The second-order valence-electron chi connectivity index (χ2n) is 25.6. The lowest BCUT2D eigenvalue weighted by Crippen LogP contribution is -2.63. The van der Waals surface area contributed by atoms with Crippen LogP contribution in [0.3, 0.4) is 0 Å². The van der Waals surface area contributed by atoms with E-state index in [4.69, 9.17) is 0 Å². The highest BCUT2D eigenvalue weighted by atomic mass is 15.2. The number of nitrogens with zero attached hydrogens (tertiary/aromatic N) is 2. The molecule has 0 N–H and O–H groups in total. The fourth-order valence-electron chi connectivity index (χ4n) is 14.1. The molecule has 3 heteroatoms. The molecule has 0 fully saturated rings. The smallest absolute Gasteiger partial charge is 0.333 e. The molecule has 3 heterocycles. The summed E-state index contributed by atoms with van der Waals surface area (Å²) in [6.45, 7) is 29.0. The Bertz CT molecular complexity index is 3490. The maximum atomic E-state index is 2.81. The highest BCUT2D eigenvalue weighted by Crippen LogP contribution is 2.63. The van der Waals surface area contributed by atoms with Gasteiger partial charge in [-0.15, -0.1) is 0 Å². The minimum Gasteiger partial charge on any atom is -0.376 e. The van der Waals surface area contributed by atoms with Gasteiger partial charge in [0, 0.05) is 33.7 Å². The molecule has 71 heavy (non-hydrogen) atoms. The first-order valence-corrected chi connectivity index (χ1v) is 26.3. The number of hydrogen-bond donors (Lipinski definition) is 0. The maximum absolute atomic E-state index is 2.81. The third-order valence-electron chi connectivity index (χ3n) is 18.0. The largest absolute Gasteiger partial charge is 0.376 e. The van der Waals surface area contributed by atoms with Crippen molar-refractivity contribution in [3.05, 3.63) is 219 Å². The van der Waals surface area contributed by atoms with Gasteiger partial charge in [0.25, 0.3) is 0 Å². The van der Waals surface area contributed by atoms with E-state index < -0.39 is 5.41 Å². The number of fused-ring (bicyclic) bond motifs is 11. The molecule has 0 amide bonds. The van der Waals surface area contributed by atoms with Gasteiger partial charge in [-0.3, -0.25) is 0 Å². The summed E-state index contributed by atoms with van der Waals surface area (Å²) in [5.41, 5.74) is 27.6. The summed E-state index contributed by atoms with van der Waals surface area (Å²) in [4.78, 5) is 5.49. The van der Waals surface area contributed by atoms with Crippen LogP contribution in [0.1, 0.15) is 152 Å². The second kappa shape index (κ2) is 14.5. The number of hydrogen-bond acceptors (Lipinski definition) is 2. The zero-order valence-corrected chi connectivity index (χ0v) is 44.0. The van der Waals surface area contributed by atoms with Crippen LogP contribution in [0.5, 0.6) is 0 Å². The topological polar surface area (TPSA) is 6.48 Å². The highest BCUT2D eigenvalue weighted by Gasteiger charge is 2.55. The van der Waals surface area contributed by atoms with E-state index in [0.29, 0.717) is 0 Å². The third kappa shape index (κ3) is 5.96. The van der Waals surface area contributed by atoms with E-state index in [1.165, 1.54) is 130 Å². The molecule has 0 saturated carbocycles. The van der Waals surface area contributed by atoms with E-state index in [1.54, 1.807) is 0 Å². The fraction of sp³-hybridized carbons (Fsp3) is 0.294. The molecule has 3 aliphatic heterocycles. The van der Waals surface area contributed by atoms with Gasteiger partial charge in [0.15, 0.2) is 0 Å². The van der Waals surface area contributed by atoms with Gasteiger partial charge in [0.2, 0.25) is 0 Å². The third-order valence-corrected chi connectivity index (χ3v) is 18.0. The fourth-order valence-corrected chi connectivity index (χ4v) is 14.1. The first-order chi connectivity index (χ1) is 33.7. The Balaban J connectivity index is 1.18. The zero-order chi connectivity index (χ0) is 49.4. The van der Waals surface area contributed by atoms with E-state index in [-0.39, 0.29) is 33.9 Å². The molecular formula is C68H67BN2. The highest BCUT2D eigenvalue weighted by molar-refractivity contribution is 6.93. The molecule has 2 nitrogen and oxygen atoms in total.